The molecule has 0 aliphatic heterocycles. The third kappa shape index (κ3) is 2.98. The van der Waals surface area contributed by atoms with Gasteiger partial charge in [0.2, 0.25) is 0 Å². The molecule has 0 radical (unpaired) electrons. The molecule has 130 valence electrons. The highest BCUT2D eigenvalue weighted by molar-refractivity contribution is 9.10. The molecular weight excluding hydrogens is 396 g/mol. The molecule has 3 heteroatoms. The van der Waals surface area contributed by atoms with Gasteiger partial charge in [-0.3, -0.25) is 0 Å². The lowest BCUT2D eigenvalue weighted by molar-refractivity contribution is 0.916. The molecule has 1 aliphatic carbocycles. The van der Waals surface area contributed by atoms with Gasteiger partial charge < -0.3 is 0 Å². The van der Waals surface area contributed by atoms with Gasteiger partial charge in [-0.15, -0.1) is 0 Å². The van der Waals surface area contributed by atoms with Gasteiger partial charge in [-0.1, -0.05) is 82.7 Å². The van der Waals surface area contributed by atoms with Gasteiger partial charge in [-0.2, -0.15) is 0 Å². The third-order valence-electron chi connectivity index (χ3n) is 5.05. The number of benzene rings is 3. The van der Waals surface area contributed by atoms with Gasteiger partial charge in [-0.05, 0) is 30.5 Å². The van der Waals surface area contributed by atoms with E-state index in [0.717, 1.165) is 45.7 Å². The van der Waals surface area contributed by atoms with Crippen LogP contribution in [0.4, 0.5) is 0 Å². The van der Waals surface area contributed by atoms with E-state index in [1.807, 2.05) is 18.2 Å². The molecule has 0 unspecified atom stereocenters. The fourth-order valence-electron chi connectivity index (χ4n) is 3.76. The molecule has 27 heavy (non-hydrogen) atoms. The number of hydrogen-bond donors (Lipinski definition) is 0. The largest absolute Gasteiger partial charge is 0.228 e. The van der Waals surface area contributed by atoms with E-state index in [1.165, 1.54) is 16.7 Å². The van der Waals surface area contributed by atoms with Gasteiger partial charge >= 0.3 is 0 Å². The molecule has 0 amide bonds. The van der Waals surface area contributed by atoms with Crippen molar-refractivity contribution in [2.45, 2.75) is 12.8 Å². The standard InChI is InChI=1S/C24H17BrN2/c25-19-11-6-10-18(15-19)24-26-22(17-8-2-1-3-9-17)21-14-13-16-7-4-5-12-20(16)23(21)27-24/h1-12,15H,13-14H2. The quantitative estimate of drug-likeness (QED) is 0.383. The Bertz CT molecular complexity index is 1120. The van der Waals surface area contributed by atoms with Gasteiger partial charge in [0.1, 0.15) is 0 Å². The van der Waals surface area contributed by atoms with Crippen molar-refractivity contribution < 1.29 is 0 Å². The van der Waals surface area contributed by atoms with Crippen molar-refractivity contribution in [2.24, 2.45) is 0 Å². The maximum atomic E-state index is 5.02. The van der Waals surface area contributed by atoms with E-state index >= 15 is 0 Å². The molecule has 3 aromatic carbocycles. The number of nitrogens with zero attached hydrogens (tertiary/aromatic N) is 2. The highest BCUT2D eigenvalue weighted by Gasteiger charge is 2.23. The molecule has 0 spiro atoms. The van der Waals surface area contributed by atoms with Crippen LogP contribution in [0.15, 0.2) is 83.3 Å². The minimum Gasteiger partial charge on any atom is -0.228 e. The molecule has 0 N–H and O–H groups in total. The Balaban J connectivity index is 1.81. The predicted octanol–water partition coefficient (Wildman–Crippen LogP) is 6.34. The van der Waals surface area contributed by atoms with Crippen LogP contribution in [0.2, 0.25) is 0 Å². The molecule has 0 bridgehead atoms. The molecule has 4 aromatic rings. The summed E-state index contributed by atoms with van der Waals surface area (Å²) in [6.45, 7) is 0. The Hall–Kier alpha value is -2.78. The summed E-state index contributed by atoms with van der Waals surface area (Å²) in [6.07, 6.45) is 2.00. The van der Waals surface area contributed by atoms with Crippen LogP contribution in [0.25, 0.3) is 33.9 Å². The van der Waals surface area contributed by atoms with Crippen LogP contribution in [-0.4, -0.2) is 9.97 Å². The van der Waals surface area contributed by atoms with Gasteiger partial charge in [0.15, 0.2) is 5.82 Å². The highest BCUT2D eigenvalue weighted by Crippen LogP contribution is 2.38. The average Bonchev–Trinajstić information content (AvgIpc) is 2.73. The Morgan fingerprint density at radius 2 is 1.41 bits per heavy atom. The Kier molecular flexibility index (Phi) is 4.10. The lowest BCUT2D eigenvalue weighted by Gasteiger charge is -2.22. The SMILES string of the molecule is Brc1cccc(-c2nc(-c3ccccc3)c3c(n2)-c2ccccc2CC3)c1. The second-order valence-electron chi connectivity index (χ2n) is 6.76. The normalized spacial score (nSPS) is 12.3. The molecule has 0 atom stereocenters. The van der Waals surface area contributed by atoms with E-state index in [1.54, 1.807) is 0 Å². The van der Waals surface area contributed by atoms with E-state index in [2.05, 4.69) is 76.6 Å². The number of hydrogen-bond acceptors (Lipinski definition) is 2. The number of rotatable bonds is 2. The number of halogens is 1. The van der Waals surface area contributed by atoms with Gasteiger partial charge in [-0.25, -0.2) is 9.97 Å². The van der Waals surface area contributed by atoms with Gasteiger partial charge in [0.05, 0.1) is 11.4 Å². The van der Waals surface area contributed by atoms with Crippen LogP contribution < -0.4 is 0 Å². The Labute approximate surface area is 167 Å². The summed E-state index contributed by atoms with van der Waals surface area (Å²) in [4.78, 5) is 10.0. The second-order valence-corrected chi connectivity index (χ2v) is 7.67. The van der Waals surface area contributed by atoms with Crippen LogP contribution >= 0.6 is 15.9 Å². The first-order valence-electron chi connectivity index (χ1n) is 9.10. The minimum absolute atomic E-state index is 0.769. The predicted molar refractivity (Wildman–Crippen MR) is 113 cm³/mol. The van der Waals surface area contributed by atoms with E-state index in [9.17, 15) is 0 Å². The number of aryl methyl sites for hydroxylation is 1. The van der Waals surface area contributed by atoms with Crippen LogP contribution in [0, 0.1) is 0 Å². The van der Waals surface area contributed by atoms with Crippen LogP contribution in [0.3, 0.4) is 0 Å². The number of fused-ring (bicyclic) bond motifs is 3. The van der Waals surface area contributed by atoms with E-state index in [4.69, 9.17) is 9.97 Å². The molecule has 0 saturated carbocycles. The topological polar surface area (TPSA) is 25.8 Å². The lowest BCUT2D eigenvalue weighted by Crippen LogP contribution is -2.10. The number of aromatic nitrogens is 2. The maximum absolute atomic E-state index is 5.02. The molecule has 0 fully saturated rings. The molecule has 0 saturated heterocycles. The average molecular weight is 413 g/mol. The zero-order chi connectivity index (χ0) is 18.2. The highest BCUT2D eigenvalue weighted by atomic mass is 79.9. The monoisotopic (exact) mass is 412 g/mol. The van der Waals surface area contributed by atoms with Crippen molar-refractivity contribution >= 4 is 15.9 Å². The van der Waals surface area contributed by atoms with Crippen molar-refractivity contribution in [3.63, 3.8) is 0 Å². The second kappa shape index (κ2) is 6.75. The summed E-state index contributed by atoms with van der Waals surface area (Å²) < 4.78 is 1.03. The van der Waals surface area contributed by atoms with E-state index in [0.29, 0.717) is 0 Å². The minimum atomic E-state index is 0.769. The summed E-state index contributed by atoms with van der Waals surface area (Å²) in [5.41, 5.74) is 8.13. The summed E-state index contributed by atoms with van der Waals surface area (Å²) in [6, 6.07) is 27.2. The molecule has 5 rings (SSSR count). The third-order valence-corrected chi connectivity index (χ3v) is 5.55. The molecule has 1 aromatic heterocycles. The summed E-state index contributed by atoms with van der Waals surface area (Å²) in [5, 5.41) is 0. The molecule has 2 nitrogen and oxygen atoms in total. The van der Waals surface area contributed by atoms with Gasteiger partial charge in [0.25, 0.3) is 0 Å². The van der Waals surface area contributed by atoms with Crippen molar-refractivity contribution in [1.29, 1.82) is 0 Å². The van der Waals surface area contributed by atoms with E-state index in [-0.39, 0.29) is 0 Å². The smallest absolute Gasteiger partial charge is 0.160 e. The van der Waals surface area contributed by atoms with Gasteiger partial charge in [0, 0.05) is 26.7 Å². The van der Waals surface area contributed by atoms with Crippen molar-refractivity contribution in [1.82, 2.24) is 9.97 Å². The van der Waals surface area contributed by atoms with Crippen LogP contribution in [0.1, 0.15) is 11.1 Å². The Morgan fingerprint density at radius 3 is 2.26 bits per heavy atom. The molecule has 1 aliphatic rings. The van der Waals surface area contributed by atoms with Crippen molar-refractivity contribution in [2.75, 3.05) is 0 Å². The Morgan fingerprint density at radius 1 is 0.667 bits per heavy atom. The first-order valence-corrected chi connectivity index (χ1v) is 9.89. The molecular formula is C24H17BrN2. The van der Waals surface area contributed by atoms with Crippen molar-refractivity contribution in [3.8, 4) is 33.9 Å². The zero-order valence-electron chi connectivity index (χ0n) is 14.7. The summed E-state index contributed by atoms with van der Waals surface area (Å²) in [5.74, 6) is 0.769. The van der Waals surface area contributed by atoms with Crippen LogP contribution in [-0.2, 0) is 12.8 Å². The fraction of sp³-hybridized carbons (Fsp3) is 0.0833. The van der Waals surface area contributed by atoms with E-state index < -0.39 is 0 Å². The molecule has 1 heterocycles. The first-order chi connectivity index (χ1) is 13.3. The van der Waals surface area contributed by atoms with Crippen LogP contribution in [0.5, 0.6) is 0 Å². The van der Waals surface area contributed by atoms with Crippen molar-refractivity contribution in [3.05, 3.63) is 94.5 Å². The summed E-state index contributed by atoms with van der Waals surface area (Å²) in [7, 11) is 0. The first kappa shape index (κ1) is 16.4. The maximum Gasteiger partial charge on any atom is 0.160 e. The lowest BCUT2D eigenvalue weighted by atomic mass is 9.87. The summed E-state index contributed by atoms with van der Waals surface area (Å²) >= 11 is 3.57. The fourth-order valence-corrected chi connectivity index (χ4v) is 4.16. The zero-order valence-corrected chi connectivity index (χ0v) is 16.3.